The van der Waals surface area contributed by atoms with Crippen molar-refractivity contribution in [1.29, 1.82) is 0 Å². The summed E-state index contributed by atoms with van der Waals surface area (Å²) in [7, 11) is 0. The molecule has 0 bridgehead atoms. The lowest BCUT2D eigenvalue weighted by Crippen LogP contribution is -2.54. The minimum Gasteiger partial charge on any atom is -0.392 e. The Hall–Kier alpha value is -1.73. The van der Waals surface area contributed by atoms with E-state index in [0.717, 1.165) is 56.2 Å². The van der Waals surface area contributed by atoms with Gasteiger partial charge in [-0.1, -0.05) is 33.6 Å². The van der Waals surface area contributed by atoms with Crippen molar-refractivity contribution in [2.75, 3.05) is 24.5 Å². The minimum atomic E-state index is -0.173. The maximum atomic E-state index is 10.1. The summed E-state index contributed by atoms with van der Waals surface area (Å²) in [5.41, 5.74) is 0.705. The van der Waals surface area contributed by atoms with Crippen LogP contribution < -0.4 is 10.2 Å². The van der Waals surface area contributed by atoms with Gasteiger partial charge in [0.15, 0.2) is 11.5 Å². The summed E-state index contributed by atoms with van der Waals surface area (Å²) in [6.07, 6.45) is 4.25. The van der Waals surface area contributed by atoms with Crippen LogP contribution in [0.15, 0.2) is 12.1 Å². The summed E-state index contributed by atoms with van der Waals surface area (Å²) >= 11 is 0. The second-order valence-corrected chi connectivity index (χ2v) is 8.87. The molecule has 2 fully saturated rings. The van der Waals surface area contributed by atoms with Crippen LogP contribution in [0.1, 0.15) is 52.3 Å². The summed E-state index contributed by atoms with van der Waals surface area (Å²) < 4.78 is 1.87. The molecule has 1 saturated heterocycles. The summed E-state index contributed by atoms with van der Waals surface area (Å²) in [4.78, 5) is 2.30. The predicted octanol–water partition coefficient (Wildman–Crippen LogP) is 1.75. The van der Waals surface area contributed by atoms with E-state index >= 15 is 0 Å². The van der Waals surface area contributed by atoms with Crippen LogP contribution in [0.4, 0.5) is 5.82 Å². The highest BCUT2D eigenvalue weighted by Crippen LogP contribution is 2.26. The monoisotopic (exact) mass is 358 g/mol. The first-order valence-corrected chi connectivity index (χ1v) is 9.81. The third kappa shape index (κ3) is 3.42. The molecule has 142 valence electrons. The van der Waals surface area contributed by atoms with E-state index in [9.17, 15) is 5.11 Å². The van der Waals surface area contributed by atoms with Crippen LogP contribution >= 0.6 is 0 Å². The van der Waals surface area contributed by atoms with Gasteiger partial charge < -0.3 is 15.3 Å². The number of rotatable bonds is 4. The Labute approximate surface area is 154 Å². The Bertz CT molecular complexity index is 761. The number of hydrogen-bond acceptors (Lipinski definition) is 6. The van der Waals surface area contributed by atoms with Crippen molar-refractivity contribution in [2.45, 2.75) is 64.0 Å². The number of aliphatic hydroxyl groups is 1. The van der Waals surface area contributed by atoms with Gasteiger partial charge in [0, 0.05) is 37.0 Å². The third-order valence-electron chi connectivity index (χ3n) is 5.60. The molecule has 2 unspecified atom stereocenters. The highest BCUT2D eigenvalue weighted by molar-refractivity contribution is 5.47. The number of fused-ring (bicyclic) bond motifs is 1. The first kappa shape index (κ1) is 17.7. The Morgan fingerprint density at radius 2 is 1.92 bits per heavy atom. The normalized spacial score (nSPS) is 24.8. The molecule has 2 aromatic heterocycles. The second kappa shape index (κ2) is 6.78. The van der Waals surface area contributed by atoms with Gasteiger partial charge in [0.05, 0.1) is 6.10 Å². The summed E-state index contributed by atoms with van der Waals surface area (Å²) in [6, 6.07) is 4.30. The average Bonchev–Trinajstić information content (AvgIpc) is 2.98. The Kier molecular flexibility index (Phi) is 4.61. The molecule has 3 heterocycles. The summed E-state index contributed by atoms with van der Waals surface area (Å²) in [5.74, 6) is 2.49. The van der Waals surface area contributed by atoms with Crippen LogP contribution in [0.25, 0.3) is 5.65 Å². The van der Waals surface area contributed by atoms with Crippen molar-refractivity contribution < 1.29 is 5.11 Å². The predicted molar refractivity (Wildman–Crippen MR) is 101 cm³/mol. The van der Waals surface area contributed by atoms with Crippen molar-refractivity contribution in [3.8, 4) is 0 Å². The minimum absolute atomic E-state index is 0.0900. The van der Waals surface area contributed by atoms with Crippen molar-refractivity contribution >= 4 is 11.5 Å². The Morgan fingerprint density at radius 3 is 2.65 bits per heavy atom. The fourth-order valence-electron chi connectivity index (χ4n) is 3.97. The van der Waals surface area contributed by atoms with Gasteiger partial charge in [-0.2, -0.15) is 4.52 Å². The standard InChI is InChI=1S/C19H30N6O/c1-19(2,3)18-22-21-16-8-9-17(23-25(16)18)24-11-13(12-24)10-20-14-6-4-5-7-15(14)26/h8-9,13-15,20,26H,4-7,10-12H2,1-3H3. The second-order valence-electron chi connectivity index (χ2n) is 8.87. The molecule has 7 nitrogen and oxygen atoms in total. The van der Waals surface area contributed by atoms with E-state index in [2.05, 4.69) is 41.2 Å². The van der Waals surface area contributed by atoms with Gasteiger partial charge in [0.2, 0.25) is 0 Å². The SMILES string of the molecule is CC(C)(C)c1nnc2ccc(N3CC(CNC4CCCCC4O)C3)nn12. The van der Waals surface area contributed by atoms with E-state index < -0.39 is 0 Å². The summed E-state index contributed by atoms with van der Waals surface area (Å²) in [5, 5.41) is 27.0. The van der Waals surface area contributed by atoms with Crippen LogP contribution in [-0.4, -0.2) is 56.7 Å². The molecule has 7 heteroatoms. The molecule has 1 aliphatic carbocycles. The van der Waals surface area contributed by atoms with Gasteiger partial charge >= 0.3 is 0 Å². The zero-order chi connectivity index (χ0) is 18.3. The summed E-state index contributed by atoms with van der Waals surface area (Å²) in [6.45, 7) is 9.36. The largest absolute Gasteiger partial charge is 0.392 e. The van der Waals surface area contributed by atoms with Crippen molar-refractivity contribution in [2.24, 2.45) is 5.92 Å². The van der Waals surface area contributed by atoms with Crippen LogP contribution in [-0.2, 0) is 5.41 Å². The van der Waals surface area contributed by atoms with E-state index in [-0.39, 0.29) is 17.6 Å². The number of nitrogens with one attached hydrogen (secondary N) is 1. The lowest BCUT2D eigenvalue weighted by atomic mass is 9.91. The molecule has 4 rings (SSSR count). The third-order valence-corrected chi connectivity index (χ3v) is 5.60. The zero-order valence-corrected chi connectivity index (χ0v) is 16.0. The molecule has 2 N–H and O–H groups in total. The van der Waals surface area contributed by atoms with E-state index in [4.69, 9.17) is 5.10 Å². The molecule has 1 aliphatic heterocycles. The molecule has 0 radical (unpaired) electrons. The molecule has 2 atom stereocenters. The van der Waals surface area contributed by atoms with E-state index in [1.165, 1.54) is 6.42 Å². The fourth-order valence-corrected chi connectivity index (χ4v) is 3.97. The van der Waals surface area contributed by atoms with Gasteiger partial charge in [-0.3, -0.25) is 0 Å². The highest BCUT2D eigenvalue weighted by atomic mass is 16.3. The molecular weight excluding hydrogens is 328 g/mol. The fraction of sp³-hybridized carbons (Fsp3) is 0.737. The van der Waals surface area contributed by atoms with Gasteiger partial charge in [-0.15, -0.1) is 15.3 Å². The van der Waals surface area contributed by atoms with Crippen LogP contribution in [0.3, 0.4) is 0 Å². The molecule has 0 amide bonds. The molecule has 1 saturated carbocycles. The van der Waals surface area contributed by atoms with Crippen LogP contribution in [0, 0.1) is 5.92 Å². The molecule has 0 aromatic carbocycles. The zero-order valence-electron chi connectivity index (χ0n) is 16.0. The van der Waals surface area contributed by atoms with E-state index in [0.29, 0.717) is 5.92 Å². The maximum Gasteiger partial charge on any atom is 0.178 e. The lowest BCUT2D eigenvalue weighted by Gasteiger charge is -2.41. The van der Waals surface area contributed by atoms with Gasteiger partial charge in [0.1, 0.15) is 5.82 Å². The Balaban J connectivity index is 1.36. The van der Waals surface area contributed by atoms with E-state index in [1.807, 2.05) is 16.6 Å². The number of aromatic nitrogens is 4. The van der Waals surface area contributed by atoms with Gasteiger partial charge in [-0.25, -0.2) is 0 Å². The Morgan fingerprint density at radius 1 is 1.15 bits per heavy atom. The van der Waals surface area contributed by atoms with Crippen molar-refractivity contribution in [1.82, 2.24) is 25.1 Å². The number of anilines is 1. The van der Waals surface area contributed by atoms with Gasteiger partial charge in [0.25, 0.3) is 0 Å². The highest BCUT2D eigenvalue weighted by Gasteiger charge is 2.31. The van der Waals surface area contributed by atoms with Crippen LogP contribution in [0.2, 0.25) is 0 Å². The van der Waals surface area contributed by atoms with Crippen molar-refractivity contribution in [3.63, 3.8) is 0 Å². The maximum absolute atomic E-state index is 10.1. The first-order valence-electron chi connectivity index (χ1n) is 9.81. The lowest BCUT2D eigenvalue weighted by molar-refractivity contribution is 0.0879. The molecule has 0 spiro atoms. The number of aliphatic hydroxyl groups excluding tert-OH is 1. The number of nitrogens with zero attached hydrogens (tertiary/aromatic N) is 5. The molecule has 2 aliphatic rings. The molecule has 26 heavy (non-hydrogen) atoms. The van der Waals surface area contributed by atoms with Gasteiger partial charge in [-0.05, 0) is 25.0 Å². The molecule has 2 aromatic rings. The topological polar surface area (TPSA) is 78.6 Å². The van der Waals surface area contributed by atoms with Crippen molar-refractivity contribution in [3.05, 3.63) is 18.0 Å². The average molecular weight is 358 g/mol. The van der Waals surface area contributed by atoms with Crippen LogP contribution in [0.5, 0.6) is 0 Å². The number of hydrogen-bond donors (Lipinski definition) is 2. The first-order chi connectivity index (χ1) is 12.4. The van der Waals surface area contributed by atoms with E-state index in [1.54, 1.807) is 0 Å². The smallest absolute Gasteiger partial charge is 0.178 e. The molecular formula is C19H30N6O. The quantitative estimate of drug-likeness (QED) is 0.867.